The molecule has 1 aromatic rings. The average molecular weight is 306 g/mol. The predicted octanol–water partition coefficient (Wildman–Crippen LogP) is 1.74. The molecule has 0 radical (unpaired) electrons. The Morgan fingerprint density at radius 3 is 2.82 bits per heavy atom. The maximum absolute atomic E-state index is 5.11. The second-order valence-electron chi connectivity index (χ2n) is 6.06. The van der Waals surface area contributed by atoms with Crippen LogP contribution in [0, 0.1) is 0 Å². The molecule has 1 aliphatic heterocycles. The number of ether oxygens (including phenoxy) is 1. The number of hydrogen-bond donors (Lipinski definition) is 1. The molecule has 1 N–H and O–H groups in total. The van der Waals surface area contributed by atoms with E-state index in [-0.39, 0.29) is 0 Å². The van der Waals surface area contributed by atoms with E-state index in [9.17, 15) is 0 Å². The number of hydrogen-bond acceptors (Lipinski definition) is 5. The monoisotopic (exact) mass is 306 g/mol. The van der Waals surface area contributed by atoms with Crippen molar-refractivity contribution in [3.63, 3.8) is 0 Å². The van der Waals surface area contributed by atoms with Gasteiger partial charge in [-0.15, -0.1) is 0 Å². The lowest BCUT2D eigenvalue weighted by molar-refractivity contribution is 0.199. The van der Waals surface area contributed by atoms with Crippen molar-refractivity contribution in [1.29, 1.82) is 0 Å². The highest BCUT2D eigenvalue weighted by Crippen LogP contribution is 2.15. The molecular weight excluding hydrogens is 276 g/mol. The molecule has 0 aliphatic carbocycles. The van der Waals surface area contributed by atoms with Crippen LogP contribution < -0.4 is 10.2 Å². The quantitative estimate of drug-likeness (QED) is 0.752. The van der Waals surface area contributed by atoms with Gasteiger partial charge in [-0.25, -0.2) is 4.98 Å². The van der Waals surface area contributed by atoms with Crippen molar-refractivity contribution in [2.75, 3.05) is 51.8 Å². The summed E-state index contributed by atoms with van der Waals surface area (Å²) in [4.78, 5) is 9.31. The van der Waals surface area contributed by atoms with Crippen LogP contribution in [0.3, 0.4) is 0 Å². The number of nitrogens with zero attached hydrogens (tertiary/aromatic N) is 3. The third-order valence-corrected chi connectivity index (χ3v) is 4.28. The number of pyridine rings is 1. The predicted molar refractivity (Wildman–Crippen MR) is 91.4 cm³/mol. The molecule has 1 fully saturated rings. The van der Waals surface area contributed by atoms with Crippen LogP contribution in [0.2, 0.25) is 0 Å². The fourth-order valence-corrected chi connectivity index (χ4v) is 2.94. The minimum absolute atomic E-state index is 0.670. The van der Waals surface area contributed by atoms with E-state index >= 15 is 0 Å². The SMILES string of the molecule is CCCN(Cc1ccc(N(C)CCOC)nc1)C1CCNC1. The third-order valence-electron chi connectivity index (χ3n) is 4.28. The molecular formula is C17H30N4O. The Bertz CT molecular complexity index is 417. The minimum Gasteiger partial charge on any atom is -0.383 e. The molecule has 1 saturated heterocycles. The summed E-state index contributed by atoms with van der Waals surface area (Å²) in [6, 6.07) is 4.99. The Labute approximate surface area is 134 Å². The van der Waals surface area contributed by atoms with Gasteiger partial charge in [0.15, 0.2) is 0 Å². The van der Waals surface area contributed by atoms with E-state index in [2.05, 4.69) is 46.2 Å². The number of likely N-dealkylation sites (N-methyl/N-ethyl adjacent to an activating group) is 1. The van der Waals surface area contributed by atoms with E-state index in [4.69, 9.17) is 4.74 Å². The summed E-state index contributed by atoms with van der Waals surface area (Å²) in [5.41, 5.74) is 1.30. The first-order valence-corrected chi connectivity index (χ1v) is 8.34. The number of aromatic nitrogens is 1. The lowest BCUT2D eigenvalue weighted by atomic mass is 10.1. The van der Waals surface area contributed by atoms with Crippen LogP contribution >= 0.6 is 0 Å². The van der Waals surface area contributed by atoms with Gasteiger partial charge in [0.2, 0.25) is 0 Å². The summed E-state index contributed by atoms with van der Waals surface area (Å²) >= 11 is 0. The number of anilines is 1. The van der Waals surface area contributed by atoms with Crippen molar-refractivity contribution in [3.05, 3.63) is 23.9 Å². The highest BCUT2D eigenvalue weighted by molar-refractivity contribution is 5.38. The van der Waals surface area contributed by atoms with Crippen molar-refractivity contribution in [1.82, 2.24) is 15.2 Å². The summed E-state index contributed by atoms with van der Waals surface area (Å²) in [6.45, 7) is 8.24. The van der Waals surface area contributed by atoms with Crippen LogP contribution in [-0.2, 0) is 11.3 Å². The molecule has 22 heavy (non-hydrogen) atoms. The largest absolute Gasteiger partial charge is 0.383 e. The lowest BCUT2D eigenvalue weighted by Gasteiger charge is -2.28. The van der Waals surface area contributed by atoms with Gasteiger partial charge in [-0.3, -0.25) is 4.90 Å². The molecule has 5 heteroatoms. The Kier molecular flexibility index (Phi) is 7.09. The van der Waals surface area contributed by atoms with Gasteiger partial charge >= 0.3 is 0 Å². The van der Waals surface area contributed by atoms with Gasteiger partial charge < -0.3 is 15.0 Å². The Balaban J connectivity index is 1.93. The summed E-state index contributed by atoms with van der Waals surface area (Å²) < 4.78 is 5.11. The normalized spacial score (nSPS) is 18.1. The Hall–Kier alpha value is -1.17. The van der Waals surface area contributed by atoms with Crippen molar-refractivity contribution in [2.45, 2.75) is 32.4 Å². The van der Waals surface area contributed by atoms with Crippen molar-refractivity contribution in [2.24, 2.45) is 0 Å². The maximum Gasteiger partial charge on any atom is 0.128 e. The molecule has 0 bridgehead atoms. The first-order chi connectivity index (χ1) is 10.7. The van der Waals surface area contributed by atoms with Gasteiger partial charge in [0.05, 0.1) is 6.61 Å². The Morgan fingerprint density at radius 2 is 2.23 bits per heavy atom. The zero-order valence-corrected chi connectivity index (χ0v) is 14.2. The van der Waals surface area contributed by atoms with Crippen molar-refractivity contribution < 1.29 is 4.74 Å². The van der Waals surface area contributed by atoms with Crippen LogP contribution in [-0.4, -0.2) is 62.9 Å². The zero-order chi connectivity index (χ0) is 15.8. The summed E-state index contributed by atoms with van der Waals surface area (Å²) in [5.74, 6) is 1.00. The average Bonchev–Trinajstić information content (AvgIpc) is 3.07. The summed E-state index contributed by atoms with van der Waals surface area (Å²) in [7, 11) is 3.78. The molecule has 0 aromatic carbocycles. The van der Waals surface area contributed by atoms with Gasteiger partial charge in [-0.1, -0.05) is 13.0 Å². The van der Waals surface area contributed by atoms with Gasteiger partial charge in [-0.05, 0) is 37.6 Å². The van der Waals surface area contributed by atoms with E-state index < -0.39 is 0 Å². The number of rotatable bonds is 9. The first kappa shape index (κ1) is 17.2. The molecule has 1 atom stereocenters. The van der Waals surface area contributed by atoms with Gasteiger partial charge in [0.25, 0.3) is 0 Å². The van der Waals surface area contributed by atoms with E-state index in [0.717, 1.165) is 45.1 Å². The fraction of sp³-hybridized carbons (Fsp3) is 0.706. The lowest BCUT2D eigenvalue weighted by Crippen LogP contribution is -2.36. The van der Waals surface area contributed by atoms with E-state index in [1.54, 1.807) is 7.11 Å². The van der Waals surface area contributed by atoms with Gasteiger partial charge in [0, 0.05) is 46.0 Å². The van der Waals surface area contributed by atoms with Crippen molar-refractivity contribution in [3.8, 4) is 0 Å². The van der Waals surface area contributed by atoms with Crippen LogP contribution in [0.4, 0.5) is 5.82 Å². The zero-order valence-electron chi connectivity index (χ0n) is 14.2. The Morgan fingerprint density at radius 1 is 1.36 bits per heavy atom. The highest BCUT2D eigenvalue weighted by Gasteiger charge is 2.21. The summed E-state index contributed by atoms with van der Waals surface area (Å²) in [6.07, 6.45) is 4.47. The number of nitrogens with one attached hydrogen (secondary N) is 1. The molecule has 5 nitrogen and oxygen atoms in total. The molecule has 2 rings (SSSR count). The number of methoxy groups -OCH3 is 1. The van der Waals surface area contributed by atoms with Crippen LogP contribution in [0.15, 0.2) is 18.3 Å². The van der Waals surface area contributed by atoms with E-state index in [1.807, 2.05) is 6.20 Å². The van der Waals surface area contributed by atoms with Gasteiger partial charge in [-0.2, -0.15) is 0 Å². The molecule has 1 unspecified atom stereocenters. The molecule has 124 valence electrons. The molecule has 1 aliphatic rings. The maximum atomic E-state index is 5.11. The van der Waals surface area contributed by atoms with Gasteiger partial charge in [0.1, 0.15) is 5.82 Å². The van der Waals surface area contributed by atoms with E-state index in [0.29, 0.717) is 6.04 Å². The molecule has 1 aromatic heterocycles. The summed E-state index contributed by atoms with van der Waals surface area (Å²) in [5, 5.41) is 3.46. The van der Waals surface area contributed by atoms with Crippen LogP contribution in [0.5, 0.6) is 0 Å². The van der Waals surface area contributed by atoms with Crippen LogP contribution in [0.25, 0.3) is 0 Å². The molecule has 0 spiro atoms. The molecule has 0 amide bonds. The molecule has 0 saturated carbocycles. The third kappa shape index (κ3) is 4.93. The van der Waals surface area contributed by atoms with Crippen molar-refractivity contribution >= 4 is 5.82 Å². The second kappa shape index (κ2) is 9.08. The fourth-order valence-electron chi connectivity index (χ4n) is 2.94. The smallest absolute Gasteiger partial charge is 0.128 e. The van der Waals surface area contributed by atoms with Crippen LogP contribution in [0.1, 0.15) is 25.3 Å². The standard InChI is InChI=1S/C17H30N4O/c1-4-9-21(16-7-8-18-13-16)14-15-5-6-17(19-12-15)20(2)10-11-22-3/h5-6,12,16,18H,4,7-11,13-14H2,1-3H3. The molecule has 2 heterocycles. The minimum atomic E-state index is 0.670. The second-order valence-corrected chi connectivity index (χ2v) is 6.06. The topological polar surface area (TPSA) is 40.6 Å². The van der Waals surface area contributed by atoms with E-state index in [1.165, 1.54) is 18.4 Å². The highest BCUT2D eigenvalue weighted by atomic mass is 16.5. The first-order valence-electron chi connectivity index (χ1n) is 8.34.